The second kappa shape index (κ2) is 9.55. The van der Waals surface area contributed by atoms with Crippen molar-refractivity contribution in [3.8, 4) is 0 Å². The van der Waals surface area contributed by atoms with Crippen molar-refractivity contribution in [1.29, 1.82) is 0 Å². The number of nitrogens with one attached hydrogen (secondary N) is 1. The number of pyridine rings is 2. The Labute approximate surface area is 190 Å². The molecule has 0 atom stereocenters. The fourth-order valence-electron chi connectivity index (χ4n) is 3.29. The minimum absolute atomic E-state index is 0. The number of anilines is 1. The molecule has 0 unspecified atom stereocenters. The van der Waals surface area contributed by atoms with Gasteiger partial charge in [-0.1, -0.05) is 6.07 Å². The Bertz CT molecular complexity index is 936. The maximum atomic E-state index is 4.65. The SMILES string of the molecule is CN=C(NCc1cn2cc(Br)ccc2n1)N1CCN(c2ccccn2)CC1.I. The van der Waals surface area contributed by atoms with Gasteiger partial charge >= 0.3 is 0 Å². The molecule has 3 aromatic rings. The van der Waals surface area contributed by atoms with E-state index in [0.29, 0.717) is 6.54 Å². The average molecular weight is 556 g/mol. The van der Waals surface area contributed by atoms with E-state index < -0.39 is 0 Å². The van der Waals surface area contributed by atoms with Crippen LogP contribution in [-0.2, 0) is 6.54 Å². The summed E-state index contributed by atoms with van der Waals surface area (Å²) < 4.78 is 3.06. The van der Waals surface area contributed by atoms with Crippen molar-refractivity contribution in [2.75, 3.05) is 38.1 Å². The number of guanidine groups is 1. The summed E-state index contributed by atoms with van der Waals surface area (Å²) in [5.74, 6) is 1.95. The van der Waals surface area contributed by atoms with Crippen LogP contribution in [-0.4, -0.2) is 58.5 Å². The Kier molecular flexibility index (Phi) is 7.11. The summed E-state index contributed by atoms with van der Waals surface area (Å²) in [5.41, 5.74) is 1.93. The smallest absolute Gasteiger partial charge is 0.194 e. The molecule has 0 amide bonds. The van der Waals surface area contributed by atoms with Crippen LogP contribution in [0.2, 0.25) is 0 Å². The first kappa shape index (κ1) is 20.8. The maximum absolute atomic E-state index is 4.65. The molecule has 0 radical (unpaired) electrons. The molecule has 1 aliphatic heterocycles. The molecule has 0 aromatic carbocycles. The van der Waals surface area contributed by atoms with Gasteiger partial charge in [0, 0.05) is 56.3 Å². The third-order valence-electron chi connectivity index (χ3n) is 4.66. The minimum atomic E-state index is 0. The standard InChI is InChI=1S/C19H22BrN7.HI/c1-21-19(23-12-16-14-27-13-15(20)5-6-18(27)24-16)26-10-8-25(9-11-26)17-4-2-3-7-22-17;/h2-7,13-14H,8-12H2,1H3,(H,21,23);1H. The molecule has 0 saturated carbocycles. The second-order valence-electron chi connectivity index (χ2n) is 6.41. The number of hydrogen-bond donors (Lipinski definition) is 1. The number of aliphatic imine (C=N–C) groups is 1. The van der Waals surface area contributed by atoms with Crippen LogP contribution in [0.15, 0.2) is 58.4 Å². The monoisotopic (exact) mass is 555 g/mol. The lowest BCUT2D eigenvalue weighted by Crippen LogP contribution is -2.52. The van der Waals surface area contributed by atoms with Crippen molar-refractivity contribution in [3.63, 3.8) is 0 Å². The van der Waals surface area contributed by atoms with Crippen LogP contribution < -0.4 is 10.2 Å². The summed E-state index contributed by atoms with van der Waals surface area (Å²) in [4.78, 5) is 18.1. The highest BCUT2D eigenvalue weighted by Gasteiger charge is 2.20. The zero-order chi connectivity index (χ0) is 18.6. The summed E-state index contributed by atoms with van der Waals surface area (Å²) in [7, 11) is 1.83. The van der Waals surface area contributed by atoms with Gasteiger partial charge in [0.15, 0.2) is 5.96 Å². The molecule has 1 aliphatic rings. The highest BCUT2D eigenvalue weighted by atomic mass is 127. The van der Waals surface area contributed by atoms with Gasteiger partial charge in [0.05, 0.1) is 12.2 Å². The van der Waals surface area contributed by atoms with Crippen LogP contribution in [0.3, 0.4) is 0 Å². The number of nitrogens with zero attached hydrogens (tertiary/aromatic N) is 6. The van der Waals surface area contributed by atoms with Gasteiger partial charge in [-0.15, -0.1) is 24.0 Å². The molecule has 28 heavy (non-hydrogen) atoms. The number of imidazole rings is 1. The molecule has 1 fully saturated rings. The van der Waals surface area contributed by atoms with E-state index in [9.17, 15) is 0 Å². The van der Waals surface area contributed by atoms with Crippen LogP contribution >= 0.6 is 39.9 Å². The first-order chi connectivity index (χ1) is 13.2. The lowest BCUT2D eigenvalue weighted by molar-refractivity contribution is 0.371. The Morgan fingerprint density at radius 1 is 1.14 bits per heavy atom. The second-order valence-corrected chi connectivity index (χ2v) is 7.32. The number of fused-ring (bicyclic) bond motifs is 1. The van der Waals surface area contributed by atoms with Gasteiger partial charge in [-0.2, -0.15) is 0 Å². The van der Waals surface area contributed by atoms with Crippen LogP contribution in [0.1, 0.15) is 5.69 Å². The summed E-state index contributed by atoms with van der Waals surface area (Å²) in [6, 6.07) is 10.0. The molecule has 0 aliphatic carbocycles. The molecule has 0 bridgehead atoms. The first-order valence-corrected chi connectivity index (χ1v) is 9.77. The van der Waals surface area contributed by atoms with E-state index in [0.717, 1.165) is 53.8 Å². The zero-order valence-corrected chi connectivity index (χ0v) is 19.5. The third-order valence-corrected chi connectivity index (χ3v) is 5.13. The van der Waals surface area contributed by atoms with Crippen molar-refractivity contribution in [2.45, 2.75) is 6.54 Å². The van der Waals surface area contributed by atoms with Gasteiger partial charge in [-0.05, 0) is 40.2 Å². The summed E-state index contributed by atoms with van der Waals surface area (Å²) in [5, 5.41) is 3.44. The van der Waals surface area contributed by atoms with E-state index >= 15 is 0 Å². The molecule has 7 nitrogen and oxygen atoms in total. The van der Waals surface area contributed by atoms with Crippen LogP contribution in [0.5, 0.6) is 0 Å². The normalized spacial score (nSPS) is 14.9. The van der Waals surface area contributed by atoms with Gasteiger partial charge in [0.1, 0.15) is 11.5 Å². The average Bonchev–Trinajstić information content (AvgIpc) is 3.11. The molecular weight excluding hydrogens is 533 g/mol. The fraction of sp³-hybridized carbons (Fsp3) is 0.316. The lowest BCUT2D eigenvalue weighted by atomic mass is 10.3. The quantitative estimate of drug-likeness (QED) is 0.306. The first-order valence-electron chi connectivity index (χ1n) is 8.97. The molecule has 4 heterocycles. The Balaban J connectivity index is 0.00000225. The van der Waals surface area contributed by atoms with E-state index in [1.165, 1.54) is 0 Å². The highest BCUT2D eigenvalue weighted by Crippen LogP contribution is 2.14. The van der Waals surface area contributed by atoms with Crippen molar-refractivity contribution >= 4 is 57.3 Å². The molecule has 1 saturated heterocycles. The van der Waals surface area contributed by atoms with Crippen molar-refractivity contribution in [2.24, 2.45) is 4.99 Å². The molecule has 9 heteroatoms. The molecule has 4 rings (SSSR count). The largest absolute Gasteiger partial charge is 0.353 e. The van der Waals surface area contributed by atoms with Crippen LogP contribution in [0.4, 0.5) is 5.82 Å². The van der Waals surface area contributed by atoms with Gasteiger partial charge in [-0.3, -0.25) is 4.99 Å². The molecule has 148 valence electrons. The molecule has 1 N–H and O–H groups in total. The maximum Gasteiger partial charge on any atom is 0.194 e. The Morgan fingerprint density at radius 2 is 1.96 bits per heavy atom. The number of hydrogen-bond acceptors (Lipinski definition) is 4. The summed E-state index contributed by atoms with van der Waals surface area (Å²) in [6.07, 6.45) is 5.90. The zero-order valence-electron chi connectivity index (χ0n) is 15.6. The Hall–Kier alpha value is -1.88. The van der Waals surface area contributed by atoms with E-state index in [1.54, 1.807) is 0 Å². The number of halogens is 2. The summed E-state index contributed by atoms with van der Waals surface area (Å²) in [6.45, 7) is 4.33. The number of aromatic nitrogens is 3. The van der Waals surface area contributed by atoms with E-state index in [4.69, 9.17) is 0 Å². The van der Waals surface area contributed by atoms with Crippen molar-refractivity contribution in [3.05, 3.63) is 59.1 Å². The van der Waals surface area contributed by atoms with Crippen molar-refractivity contribution < 1.29 is 0 Å². The number of rotatable bonds is 3. The summed E-state index contributed by atoms with van der Waals surface area (Å²) >= 11 is 3.49. The minimum Gasteiger partial charge on any atom is -0.353 e. The van der Waals surface area contributed by atoms with Crippen LogP contribution in [0, 0.1) is 0 Å². The predicted octanol–water partition coefficient (Wildman–Crippen LogP) is 3.01. The fourth-order valence-corrected chi connectivity index (χ4v) is 3.65. The third kappa shape index (κ3) is 4.75. The van der Waals surface area contributed by atoms with E-state index in [2.05, 4.69) is 52.1 Å². The molecule has 0 spiro atoms. The Morgan fingerprint density at radius 3 is 2.68 bits per heavy atom. The van der Waals surface area contributed by atoms with Crippen LogP contribution in [0.25, 0.3) is 5.65 Å². The van der Waals surface area contributed by atoms with E-state index in [1.807, 2.05) is 54.3 Å². The predicted molar refractivity (Wildman–Crippen MR) is 127 cm³/mol. The van der Waals surface area contributed by atoms with Crippen molar-refractivity contribution in [1.82, 2.24) is 24.6 Å². The van der Waals surface area contributed by atoms with Gasteiger partial charge in [0.2, 0.25) is 0 Å². The topological polar surface area (TPSA) is 61.1 Å². The van der Waals surface area contributed by atoms with Gasteiger partial charge < -0.3 is 19.5 Å². The molecule has 3 aromatic heterocycles. The number of piperazine rings is 1. The van der Waals surface area contributed by atoms with E-state index in [-0.39, 0.29) is 24.0 Å². The van der Waals surface area contributed by atoms with Gasteiger partial charge in [-0.25, -0.2) is 9.97 Å². The molecular formula is C19H23BrIN7. The highest BCUT2D eigenvalue weighted by molar-refractivity contribution is 14.0. The lowest BCUT2D eigenvalue weighted by Gasteiger charge is -2.37. The van der Waals surface area contributed by atoms with Gasteiger partial charge in [0.25, 0.3) is 0 Å².